The van der Waals surface area contributed by atoms with Crippen molar-refractivity contribution in [1.82, 2.24) is 0 Å². The van der Waals surface area contributed by atoms with Gasteiger partial charge in [-0.3, -0.25) is 4.79 Å². The Bertz CT molecular complexity index is 1290. The zero-order chi connectivity index (χ0) is 24.7. The number of hydrogen-bond acceptors (Lipinski definition) is 5. The van der Waals surface area contributed by atoms with Crippen LogP contribution in [0.15, 0.2) is 48.5 Å². The van der Waals surface area contributed by atoms with Gasteiger partial charge in [-0.25, -0.2) is 0 Å². The average molecular weight is 473 g/mol. The van der Waals surface area contributed by atoms with Crippen LogP contribution >= 0.6 is 0 Å². The monoisotopic (exact) mass is 472 g/mol. The fourth-order valence-electron chi connectivity index (χ4n) is 5.46. The highest BCUT2D eigenvalue weighted by atomic mass is 16.5. The van der Waals surface area contributed by atoms with E-state index in [9.17, 15) is 4.79 Å². The first-order valence-electron chi connectivity index (χ1n) is 12.1. The molecule has 182 valence electrons. The highest BCUT2D eigenvalue weighted by Gasteiger charge is 2.35. The van der Waals surface area contributed by atoms with Crippen LogP contribution in [0.2, 0.25) is 0 Å². The molecule has 0 aliphatic carbocycles. The fraction of sp³-hybridized carbons (Fsp3) is 0.367. The molecule has 0 spiro atoms. The molecule has 1 atom stereocenters. The molecule has 0 amide bonds. The molecule has 0 saturated heterocycles. The Morgan fingerprint density at radius 2 is 1.89 bits per heavy atom. The molecule has 3 aromatic rings. The van der Waals surface area contributed by atoms with Crippen molar-refractivity contribution >= 4 is 5.97 Å². The van der Waals surface area contributed by atoms with E-state index in [-0.39, 0.29) is 17.3 Å². The number of ether oxygens (including phenoxy) is 4. The Balaban J connectivity index is 1.34. The van der Waals surface area contributed by atoms with Gasteiger partial charge in [0.15, 0.2) is 0 Å². The van der Waals surface area contributed by atoms with Gasteiger partial charge in [-0.15, -0.1) is 0 Å². The summed E-state index contributed by atoms with van der Waals surface area (Å²) in [6, 6.07) is 16.6. The first-order valence-corrected chi connectivity index (χ1v) is 12.1. The minimum absolute atomic E-state index is 0.00802. The Morgan fingerprint density at radius 1 is 1.06 bits per heavy atom. The van der Waals surface area contributed by atoms with E-state index in [0.717, 1.165) is 28.4 Å². The van der Waals surface area contributed by atoms with Crippen LogP contribution in [-0.4, -0.2) is 26.3 Å². The van der Waals surface area contributed by atoms with Crippen molar-refractivity contribution in [2.75, 3.05) is 20.3 Å². The third-order valence-corrected chi connectivity index (χ3v) is 7.13. The van der Waals surface area contributed by atoms with Gasteiger partial charge in [0.1, 0.15) is 23.9 Å². The van der Waals surface area contributed by atoms with E-state index in [0.29, 0.717) is 26.2 Å². The lowest BCUT2D eigenvalue weighted by Gasteiger charge is -2.21. The van der Waals surface area contributed by atoms with Crippen molar-refractivity contribution < 1.29 is 23.7 Å². The molecule has 0 fully saturated rings. The highest BCUT2D eigenvalue weighted by Crippen LogP contribution is 2.45. The Hall–Kier alpha value is -3.47. The van der Waals surface area contributed by atoms with Gasteiger partial charge in [-0.2, -0.15) is 0 Å². The molecular formula is C30H32O5. The largest absolute Gasteiger partial charge is 0.492 e. The number of rotatable bonds is 6. The van der Waals surface area contributed by atoms with Crippen LogP contribution < -0.4 is 14.2 Å². The number of carbonyl (C=O) groups excluding carboxylic acids is 1. The van der Waals surface area contributed by atoms with Crippen molar-refractivity contribution in [3.63, 3.8) is 0 Å². The van der Waals surface area contributed by atoms with E-state index >= 15 is 0 Å². The number of methoxy groups -OCH3 is 1. The Morgan fingerprint density at radius 3 is 2.69 bits per heavy atom. The molecule has 5 nitrogen and oxygen atoms in total. The van der Waals surface area contributed by atoms with E-state index < -0.39 is 0 Å². The van der Waals surface area contributed by atoms with Crippen LogP contribution in [0.3, 0.4) is 0 Å². The third-order valence-electron chi connectivity index (χ3n) is 7.13. The lowest BCUT2D eigenvalue weighted by Crippen LogP contribution is -2.19. The molecule has 0 aromatic heterocycles. The summed E-state index contributed by atoms with van der Waals surface area (Å²) in [5.74, 6) is 2.34. The molecule has 0 unspecified atom stereocenters. The molecular weight excluding hydrogens is 440 g/mol. The summed E-state index contributed by atoms with van der Waals surface area (Å²) < 4.78 is 22.7. The predicted octanol–water partition coefficient (Wildman–Crippen LogP) is 6.26. The van der Waals surface area contributed by atoms with Crippen molar-refractivity contribution in [3.8, 4) is 28.4 Å². The quantitative estimate of drug-likeness (QED) is 0.397. The topological polar surface area (TPSA) is 54.0 Å². The van der Waals surface area contributed by atoms with E-state index in [2.05, 4.69) is 58.0 Å². The van der Waals surface area contributed by atoms with Crippen LogP contribution in [0, 0.1) is 13.8 Å². The Kier molecular flexibility index (Phi) is 5.96. The molecule has 0 N–H and O–H groups in total. The molecule has 0 radical (unpaired) electrons. The van der Waals surface area contributed by atoms with Crippen LogP contribution in [-0.2, 0) is 21.6 Å². The molecule has 0 bridgehead atoms. The average Bonchev–Trinajstić information content (AvgIpc) is 3.37. The zero-order valence-electron chi connectivity index (χ0n) is 21.1. The van der Waals surface area contributed by atoms with Gasteiger partial charge in [0.05, 0.1) is 26.7 Å². The normalized spacial score (nSPS) is 17.2. The molecule has 2 aliphatic rings. The second-order valence-electron chi connectivity index (χ2n) is 10.2. The molecule has 0 saturated carbocycles. The van der Waals surface area contributed by atoms with E-state index in [1.165, 1.54) is 34.9 Å². The number of esters is 1. The second kappa shape index (κ2) is 8.95. The summed E-state index contributed by atoms with van der Waals surface area (Å²) in [7, 11) is 1.41. The minimum Gasteiger partial charge on any atom is -0.492 e. The lowest BCUT2D eigenvalue weighted by atomic mass is 9.80. The van der Waals surface area contributed by atoms with E-state index in [4.69, 9.17) is 18.9 Å². The summed E-state index contributed by atoms with van der Waals surface area (Å²) >= 11 is 0. The first-order chi connectivity index (χ1) is 16.8. The van der Waals surface area contributed by atoms with Crippen molar-refractivity contribution in [3.05, 3.63) is 76.3 Å². The Labute approximate surface area is 207 Å². The van der Waals surface area contributed by atoms with Gasteiger partial charge < -0.3 is 18.9 Å². The molecule has 3 aromatic carbocycles. The second-order valence-corrected chi connectivity index (χ2v) is 10.2. The molecule has 5 heteroatoms. The number of hydrogen-bond donors (Lipinski definition) is 0. The van der Waals surface area contributed by atoms with Gasteiger partial charge in [0.2, 0.25) is 0 Å². The van der Waals surface area contributed by atoms with Crippen molar-refractivity contribution in [1.29, 1.82) is 0 Å². The first kappa shape index (κ1) is 23.3. The minimum atomic E-state index is -0.225. The van der Waals surface area contributed by atoms with Crippen LogP contribution in [0.1, 0.15) is 54.0 Å². The number of benzene rings is 3. The SMILES string of the molecule is COC(=O)C[C@@H]1COc2cc(OCc3cccc(-c4c(C)cc5c(c4C)C(C)(C)CO5)c3)ccc21. The smallest absolute Gasteiger partial charge is 0.306 e. The maximum absolute atomic E-state index is 11.7. The van der Waals surface area contributed by atoms with Gasteiger partial charge in [0, 0.05) is 28.5 Å². The highest BCUT2D eigenvalue weighted by molar-refractivity contribution is 5.75. The van der Waals surface area contributed by atoms with Gasteiger partial charge in [-0.1, -0.05) is 38.1 Å². The van der Waals surface area contributed by atoms with Gasteiger partial charge in [-0.05, 0) is 59.9 Å². The van der Waals surface area contributed by atoms with Gasteiger partial charge in [0.25, 0.3) is 0 Å². The number of carbonyl (C=O) groups is 1. The van der Waals surface area contributed by atoms with E-state index in [1.54, 1.807) is 0 Å². The molecule has 35 heavy (non-hydrogen) atoms. The number of fused-ring (bicyclic) bond motifs is 2. The molecule has 2 heterocycles. The maximum atomic E-state index is 11.7. The fourth-order valence-corrected chi connectivity index (χ4v) is 5.46. The van der Waals surface area contributed by atoms with Crippen LogP contribution in [0.25, 0.3) is 11.1 Å². The van der Waals surface area contributed by atoms with Crippen molar-refractivity contribution in [2.45, 2.75) is 52.1 Å². The van der Waals surface area contributed by atoms with Crippen molar-refractivity contribution in [2.24, 2.45) is 0 Å². The van der Waals surface area contributed by atoms with E-state index in [1.807, 2.05) is 18.2 Å². The summed E-state index contributed by atoms with van der Waals surface area (Å²) in [5.41, 5.74) is 8.41. The summed E-state index contributed by atoms with van der Waals surface area (Å²) in [6.45, 7) is 10.5. The van der Waals surface area contributed by atoms with Gasteiger partial charge >= 0.3 is 5.97 Å². The summed E-state index contributed by atoms with van der Waals surface area (Å²) in [6.07, 6.45) is 0.321. The van der Waals surface area contributed by atoms with Crippen LogP contribution in [0.4, 0.5) is 0 Å². The standard InChI is InChI=1S/C30H32O5/c1-18-11-26-29(30(3,4)17-35-26)19(2)28(18)21-8-6-7-20(12-21)15-33-23-9-10-24-22(13-27(31)32-5)16-34-25(24)14-23/h6-12,14,22H,13,15-17H2,1-5H3/t22-/m1/s1. The predicted molar refractivity (Wildman–Crippen MR) is 136 cm³/mol. The lowest BCUT2D eigenvalue weighted by molar-refractivity contribution is -0.141. The summed E-state index contributed by atoms with van der Waals surface area (Å²) in [5, 5.41) is 0. The zero-order valence-corrected chi connectivity index (χ0v) is 21.1. The number of aryl methyl sites for hydroxylation is 1. The molecule has 5 rings (SSSR count). The van der Waals surface area contributed by atoms with Crippen LogP contribution in [0.5, 0.6) is 17.2 Å². The molecule has 2 aliphatic heterocycles. The maximum Gasteiger partial charge on any atom is 0.306 e. The summed E-state index contributed by atoms with van der Waals surface area (Å²) in [4.78, 5) is 11.7. The third kappa shape index (κ3) is 4.36.